The predicted octanol–water partition coefficient (Wildman–Crippen LogP) is 1.49. The topological polar surface area (TPSA) is 61.9 Å². The van der Waals surface area contributed by atoms with Gasteiger partial charge >= 0.3 is 0 Å². The van der Waals surface area contributed by atoms with Crippen molar-refractivity contribution in [3.63, 3.8) is 0 Å². The van der Waals surface area contributed by atoms with Gasteiger partial charge in [-0.15, -0.1) is 0 Å². The normalized spacial score (nSPS) is 14.9. The molecule has 2 rings (SSSR count). The number of carbonyl (C=O) groups is 2. The summed E-state index contributed by atoms with van der Waals surface area (Å²) in [6.45, 7) is 2.10. The smallest absolute Gasteiger partial charge is 0.255 e. The Morgan fingerprint density at radius 3 is 2.50 bits per heavy atom. The quantitative estimate of drug-likeness (QED) is 0.791. The molecule has 0 bridgehead atoms. The molecule has 1 aliphatic heterocycles. The van der Waals surface area contributed by atoms with Crippen LogP contribution in [-0.4, -0.2) is 61.4 Å². The third-order valence-corrected chi connectivity index (χ3v) is 4.37. The van der Waals surface area contributed by atoms with E-state index in [4.69, 9.17) is 16.5 Å². The molecule has 0 spiro atoms. The van der Waals surface area contributed by atoms with E-state index in [1.807, 2.05) is 0 Å². The van der Waals surface area contributed by atoms with Crippen LogP contribution in [0.1, 0.15) is 10.4 Å². The molecule has 1 aliphatic rings. The molecular weight excluding hydrogens is 374 g/mol. The van der Waals surface area contributed by atoms with Crippen molar-refractivity contribution in [1.29, 1.82) is 0 Å². The zero-order chi connectivity index (χ0) is 16.1. The zero-order valence-electron chi connectivity index (χ0n) is 12.1. The molecule has 0 aromatic heterocycles. The standard InChI is InChI=1S/C14H17BrClN3O3/c1-22-10-2-3-12(15)11(8-10)14(21)19-6-4-18(5-7-19)13(20)9-17-16/h2-3,8,17H,4-7,9H2,1H3. The number of carbonyl (C=O) groups excluding carboxylic acids is 2. The fourth-order valence-electron chi connectivity index (χ4n) is 2.29. The van der Waals surface area contributed by atoms with Gasteiger partial charge in [0.25, 0.3) is 5.91 Å². The Hall–Kier alpha value is -1.31. The summed E-state index contributed by atoms with van der Waals surface area (Å²) in [6, 6.07) is 5.29. The van der Waals surface area contributed by atoms with Gasteiger partial charge in [-0.25, -0.2) is 4.84 Å². The van der Waals surface area contributed by atoms with Crippen LogP contribution < -0.4 is 9.57 Å². The molecular formula is C14H17BrClN3O3. The van der Waals surface area contributed by atoms with Crippen LogP contribution in [0.3, 0.4) is 0 Å². The maximum absolute atomic E-state index is 12.6. The predicted molar refractivity (Wildman–Crippen MR) is 87.0 cm³/mol. The van der Waals surface area contributed by atoms with Crippen LogP contribution in [0.4, 0.5) is 0 Å². The lowest BCUT2D eigenvalue weighted by Gasteiger charge is -2.35. The van der Waals surface area contributed by atoms with Crippen molar-refractivity contribution in [3.05, 3.63) is 28.2 Å². The molecule has 1 saturated heterocycles. The molecule has 1 aromatic rings. The Balaban J connectivity index is 2.02. The number of hydrogen-bond donors (Lipinski definition) is 1. The number of hydrogen-bond acceptors (Lipinski definition) is 4. The summed E-state index contributed by atoms with van der Waals surface area (Å²) in [5.74, 6) is 0.492. The van der Waals surface area contributed by atoms with Crippen LogP contribution >= 0.6 is 27.7 Å². The summed E-state index contributed by atoms with van der Waals surface area (Å²) in [7, 11) is 1.56. The second kappa shape index (κ2) is 7.80. The van der Waals surface area contributed by atoms with Gasteiger partial charge in [-0.05, 0) is 45.9 Å². The average molecular weight is 391 g/mol. The lowest BCUT2D eigenvalue weighted by atomic mass is 10.1. The highest BCUT2D eigenvalue weighted by molar-refractivity contribution is 9.10. The highest BCUT2D eigenvalue weighted by atomic mass is 79.9. The molecule has 1 aromatic carbocycles. The molecule has 0 atom stereocenters. The molecule has 0 unspecified atom stereocenters. The van der Waals surface area contributed by atoms with E-state index in [1.54, 1.807) is 35.1 Å². The van der Waals surface area contributed by atoms with Crippen LogP contribution in [0.5, 0.6) is 5.75 Å². The number of rotatable bonds is 4. The highest BCUT2D eigenvalue weighted by Gasteiger charge is 2.25. The molecule has 0 radical (unpaired) electrons. The fraction of sp³-hybridized carbons (Fsp3) is 0.429. The first-order chi connectivity index (χ1) is 10.6. The second-order valence-electron chi connectivity index (χ2n) is 4.83. The van der Waals surface area contributed by atoms with Crippen LogP contribution in [0.2, 0.25) is 0 Å². The fourth-order valence-corrected chi connectivity index (χ4v) is 2.82. The molecule has 1 heterocycles. The van der Waals surface area contributed by atoms with E-state index in [0.717, 1.165) is 4.47 Å². The van der Waals surface area contributed by atoms with Crippen molar-refractivity contribution >= 4 is 39.5 Å². The minimum atomic E-state index is -0.0756. The van der Waals surface area contributed by atoms with E-state index in [1.165, 1.54) is 0 Å². The first-order valence-electron chi connectivity index (χ1n) is 6.81. The molecule has 22 heavy (non-hydrogen) atoms. The summed E-state index contributed by atoms with van der Waals surface area (Å²) in [5, 5.41) is 0. The lowest BCUT2D eigenvalue weighted by molar-refractivity contribution is -0.131. The molecule has 120 valence electrons. The van der Waals surface area contributed by atoms with E-state index < -0.39 is 0 Å². The Labute approximate surface area is 142 Å². The van der Waals surface area contributed by atoms with Crippen molar-refractivity contribution in [2.24, 2.45) is 0 Å². The van der Waals surface area contributed by atoms with E-state index in [2.05, 4.69) is 20.8 Å². The first kappa shape index (κ1) is 17.1. The first-order valence-corrected chi connectivity index (χ1v) is 7.98. The van der Waals surface area contributed by atoms with Crippen molar-refractivity contribution in [3.8, 4) is 5.75 Å². The summed E-state index contributed by atoms with van der Waals surface area (Å²) in [5.41, 5.74) is 0.557. The summed E-state index contributed by atoms with van der Waals surface area (Å²) in [4.78, 5) is 30.1. The summed E-state index contributed by atoms with van der Waals surface area (Å²) >= 11 is 8.73. The van der Waals surface area contributed by atoms with Crippen molar-refractivity contribution in [1.82, 2.24) is 14.6 Å². The number of nitrogens with zero attached hydrogens (tertiary/aromatic N) is 2. The highest BCUT2D eigenvalue weighted by Crippen LogP contribution is 2.24. The van der Waals surface area contributed by atoms with E-state index in [-0.39, 0.29) is 18.4 Å². The largest absolute Gasteiger partial charge is 0.497 e. The molecule has 1 N–H and O–H groups in total. The molecule has 1 fully saturated rings. The molecule has 0 aliphatic carbocycles. The van der Waals surface area contributed by atoms with Crippen LogP contribution in [0.25, 0.3) is 0 Å². The molecule has 0 saturated carbocycles. The molecule has 8 heteroatoms. The SMILES string of the molecule is COc1ccc(Br)c(C(=O)N2CCN(C(=O)CNCl)CC2)c1. The van der Waals surface area contributed by atoms with E-state index in [9.17, 15) is 9.59 Å². The third kappa shape index (κ3) is 3.91. The maximum atomic E-state index is 12.6. The Kier molecular flexibility index (Phi) is 6.05. The molecule has 2 amide bonds. The van der Waals surface area contributed by atoms with E-state index >= 15 is 0 Å². The molecule has 6 nitrogen and oxygen atoms in total. The van der Waals surface area contributed by atoms with Crippen LogP contribution in [0, 0.1) is 0 Å². The maximum Gasteiger partial charge on any atom is 0.255 e. The van der Waals surface area contributed by atoms with Gasteiger partial charge in [-0.3, -0.25) is 9.59 Å². The van der Waals surface area contributed by atoms with Crippen LogP contribution in [0.15, 0.2) is 22.7 Å². The Bertz CT molecular complexity index is 562. The minimum absolute atomic E-state index is 0.0651. The van der Waals surface area contributed by atoms with Gasteiger partial charge in [0.05, 0.1) is 19.2 Å². The number of ether oxygens (including phenoxy) is 1. The number of piperazine rings is 1. The second-order valence-corrected chi connectivity index (χ2v) is 5.95. The van der Waals surface area contributed by atoms with Gasteiger partial charge < -0.3 is 14.5 Å². The zero-order valence-corrected chi connectivity index (χ0v) is 14.5. The number of nitrogens with one attached hydrogen (secondary N) is 1. The third-order valence-electron chi connectivity index (χ3n) is 3.54. The Morgan fingerprint density at radius 2 is 1.91 bits per heavy atom. The van der Waals surface area contributed by atoms with Crippen LogP contribution in [-0.2, 0) is 4.79 Å². The number of methoxy groups -OCH3 is 1. The van der Waals surface area contributed by atoms with Gasteiger partial charge in [0.15, 0.2) is 0 Å². The summed E-state index contributed by atoms with van der Waals surface area (Å²) in [6.07, 6.45) is 0. The van der Waals surface area contributed by atoms with Gasteiger partial charge in [0, 0.05) is 30.7 Å². The van der Waals surface area contributed by atoms with Gasteiger partial charge in [-0.1, -0.05) is 0 Å². The summed E-state index contributed by atoms with van der Waals surface area (Å²) < 4.78 is 5.88. The van der Waals surface area contributed by atoms with Gasteiger partial charge in [0.2, 0.25) is 5.91 Å². The van der Waals surface area contributed by atoms with E-state index in [0.29, 0.717) is 37.5 Å². The van der Waals surface area contributed by atoms with Crippen molar-refractivity contribution in [2.75, 3.05) is 39.8 Å². The average Bonchev–Trinajstić information content (AvgIpc) is 2.55. The van der Waals surface area contributed by atoms with Gasteiger partial charge in [-0.2, -0.15) is 0 Å². The number of halogens is 2. The lowest BCUT2D eigenvalue weighted by Crippen LogP contribution is -2.52. The number of amides is 2. The minimum Gasteiger partial charge on any atom is -0.497 e. The van der Waals surface area contributed by atoms with Crippen molar-refractivity contribution in [2.45, 2.75) is 0 Å². The monoisotopic (exact) mass is 389 g/mol. The van der Waals surface area contributed by atoms with Gasteiger partial charge in [0.1, 0.15) is 5.75 Å². The number of benzene rings is 1. The van der Waals surface area contributed by atoms with Crippen molar-refractivity contribution < 1.29 is 14.3 Å². The Morgan fingerprint density at radius 1 is 1.27 bits per heavy atom.